The summed E-state index contributed by atoms with van der Waals surface area (Å²) in [5.41, 5.74) is 7.36. The van der Waals surface area contributed by atoms with Crippen LogP contribution in [0.5, 0.6) is 0 Å². The van der Waals surface area contributed by atoms with Gasteiger partial charge in [-0.2, -0.15) is 0 Å². The predicted octanol–water partition coefficient (Wildman–Crippen LogP) is 3.35. The van der Waals surface area contributed by atoms with E-state index in [9.17, 15) is 0 Å². The molecule has 1 aliphatic heterocycles. The van der Waals surface area contributed by atoms with Gasteiger partial charge in [-0.25, -0.2) is 0 Å². The Labute approximate surface area is 107 Å². The lowest BCUT2D eigenvalue weighted by Crippen LogP contribution is -2.14. The van der Waals surface area contributed by atoms with Crippen molar-refractivity contribution in [1.29, 1.82) is 0 Å². The lowest BCUT2D eigenvalue weighted by Gasteiger charge is -2.21. The molecule has 1 nitrogen and oxygen atoms in total. The zero-order chi connectivity index (χ0) is 11.9. The zero-order valence-corrected chi connectivity index (χ0v) is 10.3. The van der Waals surface area contributed by atoms with E-state index in [1.807, 2.05) is 6.21 Å². The first-order valence-corrected chi connectivity index (χ1v) is 6.60. The van der Waals surface area contributed by atoms with Crippen molar-refractivity contribution < 1.29 is 0 Å². The number of rotatable bonds is 0. The number of nitrogens with zero attached hydrogens (tertiary/aromatic N) is 1. The van der Waals surface area contributed by atoms with Gasteiger partial charge in [0.2, 0.25) is 0 Å². The van der Waals surface area contributed by atoms with Crippen LogP contribution in [0.4, 0.5) is 0 Å². The molecule has 1 atom stereocenters. The molecule has 0 aromatic heterocycles. The van der Waals surface area contributed by atoms with Gasteiger partial charge in [0.05, 0.1) is 0 Å². The highest BCUT2D eigenvalue weighted by atomic mass is 14.7. The molecule has 2 aromatic carbocycles. The van der Waals surface area contributed by atoms with Crippen LogP contribution in [0.25, 0.3) is 0 Å². The smallest absolute Gasteiger partial charge is 0.0461 e. The summed E-state index contributed by atoms with van der Waals surface area (Å²) in [6.07, 6.45) is 4.26. The minimum Gasteiger partial charge on any atom is -0.292 e. The van der Waals surface area contributed by atoms with Gasteiger partial charge in [-0.15, -0.1) is 0 Å². The van der Waals surface area contributed by atoms with E-state index in [0.29, 0.717) is 5.92 Å². The Morgan fingerprint density at radius 2 is 1.72 bits per heavy atom. The molecule has 2 aliphatic rings. The van der Waals surface area contributed by atoms with E-state index in [0.717, 1.165) is 19.4 Å². The van der Waals surface area contributed by atoms with Crippen LogP contribution in [0, 0.1) is 0 Å². The summed E-state index contributed by atoms with van der Waals surface area (Å²) in [5.74, 6) is 0.574. The van der Waals surface area contributed by atoms with Gasteiger partial charge in [0.1, 0.15) is 0 Å². The van der Waals surface area contributed by atoms with Crippen molar-refractivity contribution >= 4 is 6.21 Å². The van der Waals surface area contributed by atoms with Crippen molar-refractivity contribution in [2.75, 3.05) is 6.54 Å². The van der Waals surface area contributed by atoms with E-state index in [1.54, 1.807) is 5.56 Å². The van der Waals surface area contributed by atoms with Crippen LogP contribution in [0.2, 0.25) is 0 Å². The van der Waals surface area contributed by atoms with Crippen molar-refractivity contribution in [1.82, 2.24) is 0 Å². The summed E-state index contributed by atoms with van der Waals surface area (Å²) < 4.78 is 0. The van der Waals surface area contributed by atoms with E-state index in [1.165, 1.54) is 22.3 Å². The van der Waals surface area contributed by atoms with Crippen LogP contribution in [-0.4, -0.2) is 12.8 Å². The molecular weight excluding hydrogens is 218 g/mol. The Morgan fingerprint density at radius 1 is 0.889 bits per heavy atom. The third-order valence-corrected chi connectivity index (χ3v) is 4.16. The Hall–Kier alpha value is -1.89. The van der Waals surface area contributed by atoms with E-state index in [4.69, 9.17) is 0 Å². The maximum atomic E-state index is 4.54. The highest BCUT2D eigenvalue weighted by Crippen LogP contribution is 2.35. The number of fused-ring (bicyclic) bond motifs is 1. The molecule has 18 heavy (non-hydrogen) atoms. The van der Waals surface area contributed by atoms with Gasteiger partial charge >= 0.3 is 0 Å². The Bertz CT molecular complexity index is 640. The average molecular weight is 233 g/mol. The first-order valence-electron chi connectivity index (χ1n) is 6.60. The van der Waals surface area contributed by atoms with Gasteiger partial charge in [0.15, 0.2) is 0 Å². The summed E-state index contributed by atoms with van der Waals surface area (Å²) in [6, 6.07) is 15.5. The molecule has 4 rings (SSSR count). The number of hydrogen-bond acceptors (Lipinski definition) is 1. The fraction of sp³-hybridized carbons (Fsp3) is 0.235. The molecule has 0 spiro atoms. The third-order valence-electron chi connectivity index (χ3n) is 4.16. The van der Waals surface area contributed by atoms with Gasteiger partial charge in [-0.05, 0) is 40.7 Å². The molecule has 2 aromatic rings. The number of hydrogen-bond donors (Lipinski definition) is 0. The standard InChI is InChI=1S/C17H15N/c1-2-5-13-9-16-11-18-10-15-7-3-6-14(17(15)16)8-12(13)4-1/h1-7,10,16H,8-9,11H2. The lowest BCUT2D eigenvalue weighted by molar-refractivity contribution is 0.689. The summed E-state index contributed by atoms with van der Waals surface area (Å²) in [7, 11) is 0. The molecule has 0 amide bonds. The monoisotopic (exact) mass is 233 g/mol. The zero-order valence-electron chi connectivity index (χ0n) is 10.3. The van der Waals surface area contributed by atoms with E-state index in [2.05, 4.69) is 47.5 Å². The topological polar surface area (TPSA) is 12.4 Å². The Kier molecular flexibility index (Phi) is 2.13. The Morgan fingerprint density at radius 3 is 2.67 bits per heavy atom. The van der Waals surface area contributed by atoms with Crippen LogP contribution in [0.1, 0.15) is 33.7 Å². The molecule has 0 fully saturated rings. The summed E-state index contributed by atoms with van der Waals surface area (Å²) >= 11 is 0. The van der Waals surface area contributed by atoms with E-state index >= 15 is 0 Å². The second-order valence-electron chi connectivity index (χ2n) is 5.26. The maximum Gasteiger partial charge on any atom is 0.0461 e. The average Bonchev–Trinajstić information content (AvgIpc) is 2.57. The van der Waals surface area contributed by atoms with Crippen molar-refractivity contribution in [3.05, 3.63) is 70.3 Å². The van der Waals surface area contributed by atoms with Gasteiger partial charge in [0, 0.05) is 18.7 Å². The quantitative estimate of drug-likeness (QED) is 0.661. The normalized spacial score (nSPS) is 19.9. The van der Waals surface area contributed by atoms with E-state index < -0.39 is 0 Å². The molecule has 0 bridgehead atoms. The lowest BCUT2D eigenvalue weighted by atomic mass is 9.86. The van der Waals surface area contributed by atoms with Crippen LogP contribution in [-0.2, 0) is 12.8 Å². The number of aliphatic imine (C=N–C) groups is 1. The maximum absolute atomic E-state index is 4.54. The molecule has 0 radical (unpaired) electrons. The molecule has 0 saturated heterocycles. The molecule has 0 saturated carbocycles. The van der Waals surface area contributed by atoms with Crippen LogP contribution in [0.3, 0.4) is 0 Å². The van der Waals surface area contributed by atoms with Crippen molar-refractivity contribution in [3.63, 3.8) is 0 Å². The molecule has 1 heteroatoms. The summed E-state index contributed by atoms with van der Waals surface area (Å²) in [5, 5.41) is 0. The molecular formula is C17H15N. The summed E-state index contributed by atoms with van der Waals surface area (Å²) in [4.78, 5) is 4.54. The second kappa shape index (κ2) is 3.81. The van der Waals surface area contributed by atoms with Crippen LogP contribution >= 0.6 is 0 Å². The van der Waals surface area contributed by atoms with E-state index in [-0.39, 0.29) is 0 Å². The molecule has 1 heterocycles. The number of benzene rings is 2. The van der Waals surface area contributed by atoms with Gasteiger partial charge < -0.3 is 0 Å². The molecule has 1 unspecified atom stereocenters. The highest BCUT2D eigenvalue weighted by molar-refractivity contribution is 5.84. The van der Waals surface area contributed by atoms with Crippen LogP contribution < -0.4 is 0 Å². The minimum absolute atomic E-state index is 0.574. The van der Waals surface area contributed by atoms with Crippen LogP contribution in [0.15, 0.2) is 47.5 Å². The Balaban J connectivity index is 1.95. The van der Waals surface area contributed by atoms with Gasteiger partial charge in [-0.1, -0.05) is 42.5 Å². The third kappa shape index (κ3) is 1.43. The summed E-state index contributed by atoms with van der Waals surface area (Å²) in [6.45, 7) is 0.943. The first kappa shape index (κ1) is 10.1. The second-order valence-corrected chi connectivity index (χ2v) is 5.26. The predicted molar refractivity (Wildman–Crippen MR) is 74.6 cm³/mol. The largest absolute Gasteiger partial charge is 0.292 e. The minimum atomic E-state index is 0.574. The molecule has 1 aliphatic carbocycles. The SMILES string of the molecule is C1=NCC2Cc3ccccc3Cc3cccc1c32. The highest BCUT2D eigenvalue weighted by Gasteiger charge is 2.25. The fourth-order valence-electron chi connectivity index (χ4n) is 3.33. The molecule has 88 valence electrons. The fourth-order valence-corrected chi connectivity index (χ4v) is 3.33. The van der Waals surface area contributed by atoms with Crippen molar-refractivity contribution in [3.8, 4) is 0 Å². The van der Waals surface area contributed by atoms with Gasteiger partial charge in [0.25, 0.3) is 0 Å². The van der Waals surface area contributed by atoms with Crippen molar-refractivity contribution in [2.24, 2.45) is 4.99 Å². The van der Waals surface area contributed by atoms with Crippen molar-refractivity contribution in [2.45, 2.75) is 18.8 Å². The van der Waals surface area contributed by atoms with Gasteiger partial charge in [-0.3, -0.25) is 4.99 Å². The first-order chi connectivity index (χ1) is 8.92. The molecule has 0 N–H and O–H groups in total.